The lowest BCUT2D eigenvalue weighted by Gasteiger charge is -2.25. The molecule has 0 unspecified atom stereocenters. The Hall–Kier alpha value is -0.940. The van der Waals surface area contributed by atoms with E-state index in [2.05, 4.69) is 0 Å². The van der Waals surface area contributed by atoms with Gasteiger partial charge in [-0.2, -0.15) is 0 Å². The first kappa shape index (κ1) is 15.1. The predicted octanol–water partition coefficient (Wildman–Crippen LogP) is 0.477. The van der Waals surface area contributed by atoms with E-state index < -0.39 is 0 Å². The topological polar surface area (TPSA) is 55.8 Å². The van der Waals surface area contributed by atoms with Gasteiger partial charge in [0.15, 0.2) is 5.78 Å². The second-order valence-electron chi connectivity index (χ2n) is 3.25. The lowest BCUT2D eigenvalue weighted by atomic mass is 10.4. The first-order chi connectivity index (χ1) is 7.68. The van der Waals surface area contributed by atoms with Crippen LogP contribution in [0.15, 0.2) is 0 Å². The second-order valence-corrected chi connectivity index (χ2v) is 3.25. The highest BCUT2D eigenvalue weighted by Gasteiger charge is 2.14. The number of morpholine rings is 1. The van der Waals surface area contributed by atoms with Crippen LogP contribution in [0.3, 0.4) is 0 Å². The number of ketones is 1. The van der Waals surface area contributed by atoms with E-state index in [1.165, 1.54) is 6.92 Å². The van der Waals surface area contributed by atoms with Crippen LogP contribution in [0.4, 0.5) is 0 Å². The zero-order valence-corrected chi connectivity index (χ0v) is 10.3. The molecule has 0 saturated carbocycles. The quantitative estimate of drug-likeness (QED) is 0.659. The lowest BCUT2D eigenvalue weighted by molar-refractivity contribution is -0.149. The Kier molecular flexibility index (Phi) is 8.75. The zero-order chi connectivity index (χ0) is 12.4. The van der Waals surface area contributed by atoms with Crippen molar-refractivity contribution in [1.82, 2.24) is 4.90 Å². The Morgan fingerprint density at radius 1 is 1.25 bits per heavy atom. The summed E-state index contributed by atoms with van der Waals surface area (Å²) in [5.74, 6) is -0.484. The van der Waals surface area contributed by atoms with Crippen LogP contribution in [-0.2, 0) is 19.1 Å². The van der Waals surface area contributed by atoms with Gasteiger partial charge in [-0.15, -0.1) is 0 Å². The molecule has 0 bridgehead atoms. The average Bonchev–Trinajstić information content (AvgIpc) is 2.30. The molecule has 1 saturated heterocycles. The maximum Gasteiger partial charge on any atom is 0.320 e. The van der Waals surface area contributed by atoms with Crippen molar-refractivity contribution >= 4 is 11.8 Å². The standard InChI is InChI=1S/C9H15NO4.C2H6/c1-8(11)7-14-9(12)6-10-2-4-13-5-3-10;1-2/h2-7H2,1H3;1-2H3. The van der Waals surface area contributed by atoms with Gasteiger partial charge in [-0.25, -0.2) is 0 Å². The molecule has 1 aliphatic heterocycles. The fourth-order valence-electron chi connectivity index (χ4n) is 1.17. The van der Waals surface area contributed by atoms with Gasteiger partial charge in [0.2, 0.25) is 0 Å². The molecular weight excluding hydrogens is 210 g/mol. The molecule has 1 fully saturated rings. The molecule has 5 heteroatoms. The Morgan fingerprint density at radius 3 is 2.31 bits per heavy atom. The maximum absolute atomic E-state index is 11.2. The third kappa shape index (κ3) is 7.36. The van der Waals surface area contributed by atoms with Crippen LogP contribution in [0, 0.1) is 0 Å². The molecule has 0 N–H and O–H groups in total. The number of ether oxygens (including phenoxy) is 2. The molecule has 1 rings (SSSR count). The van der Waals surface area contributed by atoms with E-state index in [0.717, 1.165) is 13.1 Å². The molecule has 5 nitrogen and oxygen atoms in total. The van der Waals surface area contributed by atoms with Gasteiger partial charge >= 0.3 is 5.97 Å². The van der Waals surface area contributed by atoms with E-state index in [9.17, 15) is 9.59 Å². The van der Waals surface area contributed by atoms with Gasteiger partial charge in [0.1, 0.15) is 6.61 Å². The fourth-order valence-corrected chi connectivity index (χ4v) is 1.17. The second kappa shape index (κ2) is 9.30. The van der Waals surface area contributed by atoms with Crippen molar-refractivity contribution in [3.8, 4) is 0 Å². The van der Waals surface area contributed by atoms with Crippen LogP contribution in [-0.4, -0.2) is 56.1 Å². The van der Waals surface area contributed by atoms with Crippen molar-refractivity contribution < 1.29 is 19.1 Å². The zero-order valence-electron chi connectivity index (χ0n) is 10.3. The number of rotatable bonds is 4. The van der Waals surface area contributed by atoms with Crippen LogP contribution < -0.4 is 0 Å². The smallest absolute Gasteiger partial charge is 0.320 e. The van der Waals surface area contributed by atoms with Crippen molar-refractivity contribution in [2.24, 2.45) is 0 Å². The molecule has 1 heterocycles. The van der Waals surface area contributed by atoms with E-state index in [1.54, 1.807) is 0 Å². The minimum atomic E-state index is -0.345. The Balaban J connectivity index is 0.00000106. The van der Waals surface area contributed by atoms with Crippen LogP contribution >= 0.6 is 0 Å². The van der Waals surface area contributed by atoms with Gasteiger partial charge < -0.3 is 9.47 Å². The average molecular weight is 231 g/mol. The highest BCUT2D eigenvalue weighted by atomic mass is 16.5. The highest BCUT2D eigenvalue weighted by Crippen LogP contribution is 1.96. The summed E-state index contributed by atoms with van der Waals surface area (Å²) in [5, 5.41) is 0. The van der Waals surface area contributed by atoms with E-state index in [4.69, 9.17) is 9.47 Å². The highest BCUT2D eigenvalue weighted by molar-refractivity contribution is 5.80. The van der Waals surface area contributed by atoms with Gasteiger partial charge in [-0.05, 0) is 6.92 Å². The number of hydrogen-bond donors (Lipinski definition) is 0. The molecule has 1 aliphatic rings. The summed E-state index contributed by atoms with van der Waals surface area (Å²) in [6, 6.07) is 0. The summed E-state index contributed by atoms with van der Waals surface area (Å²) in [5.41, 5.74) is 0. The molecule has 0 aromatic rings. The number of carbonyl (C=O) groups excluding carboxylic acids is 2. The molecular formula is C11H21NO4. The summed E-state index contributed by atoms with van der Waals surface area (Å²) in [6.07, 6.45) is 0. The van der Waals surface area contributed by atoms with Gasteiger partial charge in [0.05, 0.1) is 19.8 Å². The fraction of sp³-hybridized carbons (Fsp3) is 0.818. The Labute approximate surface area is 96.7 Å². The number of nitrogens with zero attached hydrogens (tertiary/aromatic N) is 1. The van der Waals surface area contributed by atoms with Crippen LogP contribution in [0.2, 0.25) is 0 Å². The largest absolute Gasteiger partial charge is 0.457 e. The van der Waals surface area contributed by atoms with Gasteiger partial charge in [0.25, 0.3) is 0 Å². The number of hydrogen-bond acceptors (Lipinski definition) is 5. The number of Topliss-reactive ketones (excluding diaryl/α,β-unsaturated/α-hetero) is 1. The minimum Gasteiger partial charge on any atom is -0.457 e. The molecule has 94 valence electrons. The number of esters is 1. The van der Waals surface area contributed by atoms with E-state index >= 15 is 0 Å². The predicted molar refractivity (Wildman–Crippen MR) is 60.2 cm³/mol. The maximum atomic E-state index is 11.2. The van der Waals surface area contributed by atoms with Gasteiger partial charge in [-0.3, -0.25) is 14.5 Å². The van der Waals surface area contributed by atoms with Crippen molar-refractivity contribution in [1.29, 1.82) is 0 Å². The molecule has 0 aromatic heterocycles. The van der Waals surface area contributed by atoms with E-state index in [-0.39, 0.29) is 24.9 Å². The first-order valence-electron chi connectivity index (χ1n) is 5.63. The molecule has 0 aliphatic carbocycles. The first-order valence-corrected chi connectivity index (χ1v) is 5.63. The van der Waals surface area contributed by atoms with Gasteiger partial charge in [0, 0.05) is 13.1 Å². The van der Waals surface area contributed by atoms with Crippen LogP contribution in [0.25, 0.3) is 0 Å². The minimum absolute atomic E-state index is 0.122. The van der Waals surface area contributed by atoms with E-state index in [1.807, 2.05) is 18.7 Å². The monoisotopic (exact) mass is 231 g/mol. The van der Waals surface area contributed by atoms with Crippen LogP contribution in [0.1, 0.15) is 20.8 Å². The van der Waals surface area contributed by atoms with Crippen molar-refractivity contribution in [2.75, 3.05) is 39.5 Å². The third-order valence-electron chi connectivity index (χ3n) is 1.89. The number of carbonyl (C=O) groups is 2. The van der Waals surface area contributed by atoms with E-state index in [0.29, 0.717) is 13.2 Å². The van der Waals surface area contributed by atoms with Crippen molar-refractivity contribution in [2.45, 2.75) is 20.8 Å². The molecule has 0 aromatic carbocycles. The third-order valence-corrected chi connectivity index (χ3v) is 1.89. The summed E-state index contributed by atoms with van der Waals surface area (Å²) >= 11 is 0. The van der Waals surface area contributed by atoms with Crippen molar-refractivity contribution in [3.05, 3.63) is 0 Å². The summed E-state index contributed by atoms with van der Waals surface area (Å²) in [7, 11) is 0. The Morgan fingerprint density at radius 2 is 1.81 bits per heavy atom. The van der Waals surface area contributed by atoms with Gasteiger partial charge in [-0.1, -0.05) is 13.8 Å². The molecule has 0 radical (unpaired) electrons. The molecule has 0 amide bonds. The Bertz CT molecular complexity index is 212. The lowest BCUT2D eigenvalue weighted by Crippen LogP contribution is -2.40. The molecule has 0 atom stereocenters. The van der Waals surface area contributed by atoms with Crippen LogP contribution in [0.5, 0.6) is 0 Å². The molecule has 16 heavy (non-hydrogen) atoms. The SMILES string of the molecule is CC.CC(=O)COC(=O)CN1CCOCC1. The van der Waals surface area contributed by atoms with Crippen molar-refractivity contribution in [3.63, 3.8) is 0 Å². The summed E-state index contributed by atoms with van der Waals surface area (Å²) in [6.45, 7) is 8.31. The molecule has 0 spiro atoms. The normalized spacial score (nSPS) is 15.9. The summed E-state index contributed by atoms with van der Waals surface area (Å²) < 4.78 is 9.87. The summed E-state index contributed by atoms with van der Waals surface area (Å²) in [4.78, 5) is 23.6.